The molecule has 0 spiro atoms. The zero-order valence-corrected chi connectivity index (χ0v) is 15.2. The van der Waals surface area contributed by atoms with Gasteiger partial charge in [0.1, 0.15) is 0 Å². The van der Waals surface area contributed by atoms with Crippen molar-refractivity contribution in [3.63, 3.8) is 0 Å². The molecule has 1 N–H and O–H groups in total. The van der Waals surface area contributed by atoms with Gasteiger partial charge in [-0.3, -0.25) is 9.59 Å². The van der Waals surface area contributed by atoms with Crippen molar-refractivity contribution in [1.82, 2.24) is 15.1 Å². The van der Waals surface area contributed by atoms with E-state index in [-0.39, 0.29) is 24.2 Å². The molecular weight excluding hydrogens is 361 g/mol. The number of rotatable bonds is 4. The second-order valence-corrected chi connectivity index (χ2v) is 5.99. The molecule has 0 aliphatic carbocycles. The number of piperazine rings is 1. The van der Waals surface area contributed by atoms with Crippen LogP contribution in [0.1, 0.15) is 16.8 Å². The van der Waals surface area contributed by atoms with E-state index in [0.29, 0.717) is 54.8 Å². The van der Waals surface area contributed by atoms with E-state index in [0.717, 1.165) is 0 Å². The van der Waals surface area contributed by atoms with E-state index < -0.39 is 0 Å². The minimum absolute atomic E-state index is 0. The van der Waals surface area contributed by atoms with E-state index in [1.54, 1.807) is 28.0 Å². The Morgan fingerprint density at radius 3 is 2.30 bits per heavy atom. The lowest BCUT2D eigenvalue weighted by atomic mass is 10.1. The molecule has 23 heavy (non-hydrogen) atoms. The van der Waals surface area contributed by atoms with Gasteiger partial charge in [0, 0.05) is 44.2 Å². The summed E-state index contributed by atoms with van der Waals surface area (Å²) >= 11 is 11.9. The first-order chi connectivity index (χ1) is 10.5. The summed E-state index contributed by atoms with van der Waals surface area (Å²) in [5.41, 5.74) is 0.445. The maximum absolute atomic E-state index is 12.5. The summed E-state index contributed by atoms with van der Waals surface area (Å²) in [5.74, 6) is -0.00466. The van der Waals surface area contributed by atoms with Gasteiger partial charge in [-0.25, -0.2) is 0 Å². The van der Waals surface area contributed by atoms with E-state index in [1.165, 1.54) is 0 Å². The van der Waals surface area contributed by atoms with E-state index in [4.69, 9.17) is 23.2 Å². The molecule has 2 rings (SSSR count). The number of carbonyl (C=O) groups is 2. The van der Waals surface area contributed by atoms with Crippen LogP contribution in [0.15, 0.2) is 18.2 Å². The fourth-order valence-electron chi connectivity index (χ4n) is 2.38. The molecule has 1 saturated heterocycles. The van der Waals surface area contributed by atoms with Crippen molar-refractivity contribution in [2.75, 3.05) is 39.8 Å². The molecule has 0 saturated carbocycles. The van der Waals surface area contributed by atoms with Crippen LogP contribution < -0.4 is 5.32 Å². The maximum Gasteiger partial charge on any atom is 0.255 e. The van der Waals surface area contributed by atoms with Gasteiger partial charge in [-0.2, -0.15) is 0 Å². The highest BCUT2D eigenvalue weighted by Crippen LogP contribution is 2.22. The lowest BCUT2D eigenvalue weighted by Crippen LogP contribution is -2.50. The largest absolute Gasteiger partial charge is 0.339 e. The monoisotopic (exact) mass is 379 g/mol. The molecule has 1 fully saturated rings. The molecule has 1 aromatic carbocycles. The summed E-state index contributed by atoms with van der Waals surface area (Å²) in [6.07, 6.45) is 0.480. The first-order valence-electron chi connectivity index (χ1n) is 7.19. The second kappa shape index (κ2) is 9.33. The van der Waals surface area contributed by atoms with Crippen molar-refractivity contribution in [3.05, 3.63) is 33.8 Å². The van der Waals surface area contributed by atoms with Crippen molar-refractivity contribution in [3.8, 4) is 0 Å². The Morgan fingerprint density at radius 1 is 1.13 bits per heavy atom. The van der Waals surface area contributed by atoms with Crippen LogP contribution in [0.5, 0.6) is 0 Å². The Labute approximate surface area is 152 Å². The van der Waals surface area contributed by atoms with E-state index >= 15 is 0 Å². The molecule has 1 aliphatic rings. The summed E-state index contributed by atoms with van der Waals surface area (Å²) in [5, 5.41) is 3.81. The SMILES string of the molecule is CNCCC(=O)N1CCN(C(=O)c2ccc(Cl)cc2Cl)CC1.Cl. The number of halogens is 3. The molecule has 1 aromatic rings. The average Bonchev–Trinajstić information content (AvgIpc) is 2.52. The Bertz CT molecular complexity index is 561. The van der Waals surface area contributed by atoms with Gasteiger partial charge in [0.25, 0.3) is 5.91 Å². The molecule has 2 amide bonds. The fraction of sp³-hybridized carbons (Fsp3) is 0.467. The van der Waals surface area contributed by atoms with Crippen molar-refractivity contribution in [1.29, 1.82) is 0 Å². The van der Waals surface area contributed by atoms with Gasteiger partial charge in [0.2, 0.25) is 5.91 Å². The Balaban J connectivity index is 0.00000264. The summed E-state index contributed by atoms with van der Waals surface area (Å²) in [4.78, 5) is 27.9. The van der Waals surface area contributed by atoms with Gasteiger partial charge < -0.3 is 15.1 Å². The van der Waals surface area contributed by atoms with Crippen LogP contribution in [0.2, 0.25) is 10.0 Å². The van der Waals surface area contributed by atoms with Gasteiger partial charge in [0.05, 0.1) is 10.6 Å². The van der Waals surface area contributed by atoms with Gasteiger partial charge in [-0.05, 0) is 25.2 Å². The lowest BCUT2D eigenvalue weighted by Gasteiger charge is -2.35. The number of hydrogen-bond donors (Lipinski definition) is 1. The first-order valence-corrected chi connectivity index (χ1v) is 7.95. The highest BCUT2D eigenvalue weighted by atomic mass is 35.5. The summed E-state index contributed by atoms with van der Waals surface area (Å²) in [6, 6.07) is 4.85. The summed E-state index contributed by atoms with van der Waals surface area (Å²) in [7, 11) is 1.82. The van der Waals surface area contributed by atoms with Crippen molar-refractivity contribution >= 4 is 47.4 Å². The van der Waals surface area contributed by atoms with Crippen molar-refractivity contribution < 1.29 is 9.59 Å². The fourth-order valence-corrected chi connectivity index (χ4v) is 2.87. The molecule has 0 radical (unpaired) electrons. The maximum atomic E-state index is 12.5. The van der Waals surface area contributed by atoms with Crippen LogP contribution in [0.4, 0.5) is 0 Å². The van der Waals surface area contributed by atoms with E-state index in [9.17, 15) is 9.59 Å². The van der Waals surface area contributed by atoms with Crippen LogP contribution in [-0.2, 0) is 4.79 Å². The molecule has 0 aromatic heterocycles. The Kier molecular flexibility index (Phi) is 8.12. The van der Waals surface area contributed by atoms with E-state index in [2.05, 4.69) is 5.32 Å². The molecule has 0 unspecified atom stereocenters. The topological polar surface area (TPSA) is 52.7 Å². The van der Waals surface area contributed by atoms with Crippen molar-refractivity contribution in [2.45, 2.75) is 6.42 Å². The highest BCUT2D eigenvalue weighted by Gasteiger charge is 2.25. The molecule has 128 valence electrons. The number of nitrogens with one attached hydrogen (secondary N) is 1. The smallest absolute Gasteiger partial charge is 0.255 e. The number of hydrogen-bond acceptors (Lipinski definition) is 3. The quantitative estimate of drug-likeness (QED) is 0.872. The van der Waals surface area contributed by atoms with E-state index in [1.807, 2.05) is 7.05 Å². The third-order valence-electron chi connectivity index (χ3n) is 3.67. The van der Waals surface area contributed by atoms with Crippen LogP contribution in [-0.4, -0.2) is 61.4 Å². The predicted molar refractivity (Wildman–Crippen MR) is 94.7 cm³/mol. The van der Waals surface area contributed by atoms with Crippen molar-refractivity contribution in [2.24, 2.45) is 0 Å². The van der Waals surface area contributed by atoms with Crippen LogP contribution in [0, 0.1) is 0 Å². The van der Waals surface area contributed by atoms with Crippen LogP contribution in [0.25, 0.3) is 0 Å². The number of carbonyl (C=O) groups excluding carboxylic acids is 2. The van der Waals surface area contributed by atoms with Gasteiger partial charge in [-0.1, -0.05) is 23.2 Å². The van der Waals surface area contributed by atoms with Gasteiger partial charge in [0.15, 0.2) is 0 Å². The zero-order valence-electron chi connectivity index (χ0n) is 12.8. The minimum Gasteiger partial charge on any atom is -0.339 e. The molecule has 1 aliphatic heterocycles. The third kappa shape index (κ3) is 5.24. The molecule has 5 nitrogen and oxygen atoms in total. The average molecular weight is 381 g/mol. The summed E-state index contributed by atoms with van der Waals surface area (Å²) < 4.78 is 0. The normalized spacial score (nSPS) is 14.4. The number of amides is 2. The molecule has 0 bridgehead atoms. The number of nitrogens with zero attached hydrogens (tertiary/aromatic N) is 2. The van der Waals surface area contributed by atoms with Gasteiger partial charge in [-0.15, -0.1) is 12.4 Å². The molecular formula is C15H20Cl3N3O2. The second-order valence-electron chi connectivity index (χ2n) is 5.15. The standard InChI is InChI=1S/C15H19Cl2N3O2.ClH/c1-18-5-4-14(21)19-6-8-20(9-7-19)15(22)12-3-2-11(16)10-13(12)17;/h2-3,10,18H,4-9H2,1H3;1H. The first kappa shape index (κ1) is 20.0. The highest BCUT2D eigenvalue weighted by molar-refractivity contribution is 6.36. The van der Waals surface area contributed by atoms with Crippen LogP contribution >= 0.6 is 35.6 Å². The molecule has 0 atom stereocenters. The summed E-state index contributed by atoms with van der Waals surface area (Å²) in [6.45, 7) is 2.81. The number of benzene rings is 1. The third-order valence-corrected chi connectivity index (χ3v) is 4.22. The van der Waals surface area contributed by atoms with Gasteiger partial charge >= 0.3 is 0 Å². The predicted octanol–water partition coefficient (Wildman–Crippen LogP) is 2.31. The van der Waals surface area contributed by atoms with Crippen LogP contribution in [0.3, 0.4) is 0 Å². The molecule has 1 heterocycles. The lowest BCUT2D eigenvalue weighted by molar-refractivity contribution is -0.132. The minimum atomic E-state index is -0.121. The Hall–Kier alpha value is -1.01. The Morgan fingerprint density at radius 2 is 1.74 bits per heavy atom. The molecule has 8 heteroatoms. The zero-order chi connectivity index (χ0) is 16.1.